The number of thioether (sulfide) groups is 1. The molecule has 0 saturated carbocycles. The predicted octanol–water partition coefficient (Wildman–Crippen LogP) is 1.31. The van der Waals surface area contributed by atoms with Crippen LogP contribution in [0.15, 0.2) is 0 Å². The van der Waals surface area contributed by atoms with Crippen LogP contribution in [0, 0.1) is 6.92 Å². The molecule has 1 aromatic heterocycles. The Labute approximate surface area is 99.6 Å². The molecule has 1 rings (SSSR count). The minimum atomic E-state index is -0.172. The highest BCUT2D eigenvalue weighted by Gasteiger charge is 2.12. The van der Waals surface area contributed by atoms with Crippen LogP contribution in [-0.4, -0.2) is 33.1 Å². The van der Waals surface area contributed by atoms with E-state index in [0.29, 0.717) is 6.42 Å². The molecule has 1 atom stereocenters. The van der Waals surface area contributed by atoms with Crippen LogP contribution in [0.25, 0.3) is 0 Å². The van der Waals surface area contributed by atoms with Gasteiger partial charge in [0.25, 0.3) is 0 Å². The number of carbonyl (C=O) groups excluding carboxylic acids is 1. The maximum Gasteiger partial charge on any atom is 0.306 e. The number of carbonyl (C=O) groups is 1. The van der Waals surface area contributed by atoms with E-state index in [2.05, 4.69) is 14.9 Å². The zero-order valence-electron chi connectivity index (χ0n) is 10.1. The maximum atomic E-state index is 11.0. The molecule has 0 aliphatic heterocycles. The van der Waals surface area contributed by atoms with E-state index in [-0.39, 0.29) is 11.2 Å². The van der Waals surface area contributed by atoms with Crippen LogP contribution >= 0.6 is 11.8 Å². The quantitative estimate of drug-likeness (QED) is 0.730. The van der Waals surface area contributed by atoms with Crippen LogP contribution in [-0.2, 0) is 22.3 Å². The summed E-state index contributed by atoms with van der Waals surface area (Å²) in [6, 6.07) is 0. The molecule has 0 spiro atoms. The number of aryl methyl sites for hydroxylation is 1. The molecule has 1 unspecified atom stereocenters. The molecule has 16 heavy (non-hydrogen) atoms. The summed E-state index contributed by atoms with van der Waals surface area (Å²) in [5, 5.41) is 8.27. The number of methoxy groups -OCH3 is 1. The van der Waals surface area contributed by atoms with Crippen molar-refractivity contribution in [1.29, 1.82) is 0 Å². The standard InChI is InChI=1S/C10H17N3O2S/c1-7(5-10(14)15-4)16-6-9-12-11-8(2)13(9)3/h7H,5-6H2,1-4H3. The second kappa shape index (κ2) is 5.89. The molecule has 0 saturated heterocycles. The number of hydrogen-bond donors (Lipinski definition) is 0. The summed E-state index contributed by atoms with van der Waals surface area (Å²) >= 11 is 1.68. The van der Waals surface area contributed by atoms with Crippen LogP contribution in [0.4, 0.5) is 0 Å². The molecule has 0 N–H and O–H groups in total. The molecule has 0 amide bonds. The zero-order chi connectivity index (χ0) is 12.1. The number of hydrogen-bond acceptors (Lipinski definition) is 5. The third-order valence-corrected chi connectivity index (χ3v) is 3.52. The van der Waals surface area contributed by atoms with Crippen molar-refractivity contribution in [3.8, 4) is 0 Å². The van der Waals surface area contributed by atoms with Crippen LogP contribution < -0.4 is 0 Å². The third-order valence-electron chi connectivity index (χ3n) is 2.36. The Morgan fingerprint density at radius 3 is 2.75 bits per heavy atom. The van der Waals surface area contributed by atoms with E-state index in [1.165, 1.54) is 7.11 Å². The van der Waals surface area contributed by atoms with Crippen molar-refractivity contribution < 1.29 is 9.53 Å². The molecule has 0 fully saturated rings. The van der Waals surface area contributed by atoms with E-state index in [0.717, 1.165) is 17.4 Å². The minimum absolute atomic E-state index is 0.172. The maximum absolute atomic E-state index is 11.0. The largest absolute Gasteiger partial charge is 0.469 e. The molecule has 90 valence electrons. The van der Waals surface area contributed by atoms with E-state index in [9.17, 15) is 4.79 Å². The molecule has 1 aromatic rings. The first-order chi connectivity index (χ1) is 7.54. The van der Waals surface area contributed by atoms with Gasteiger partial charge in [-0.2, -0.15) is 11.8 Å². The monoisotopic (exact) mass is 243 g/mol. The summed E-state index contributed by atoms with van der Waals surface area (Å²) in [7, 11) is 3.35. The SMILES string of the molecule is COC(=O)CC(C)SCc1nnc(C)n1C. The number of rotatable bonds is 5. The lowest BCUT2D eigenvalue weighted by atomic mass is 10.3. The molecule has 0 aliphatic rings. The van der Waals surface area contributed by atoms with E-state index >= 15 is 0 Å². The van der Waals surface area contributed by atoms with Crippen LogP contribution in [0.5, 0.6) is 0 Å². The number of nitrogens with zero attached hydrogens (tertiary/aromatic N) is 3. The molecule has 6 heteroatoms. The highest BCUT2D eigenvalue weighted by atomic mass is 32.2. The van der Waals surface area contributed by atoms with E-state index in [1.54, 1.807) is 11.8 Å². The summed E-state index contributed by atoms with van der Waals surface area (Å²) < 4.78 is 6.57. The Bertz CT molecular complexity index is 365. The van der Waals surface area contributed by atoms with Crippen LogP contribution in [0.3, 0.4) is 0 Å². The second-order valence-electron chi connectivity index (χ2n) is 3.62. The van der Waals surface area contributed by atoms with Crippen LogP contribution in [0.2, 0.25) is 0 Å². The van der Waals surface area contributed by atoms with Gasteiger partial charge in [0.15, 0.2) is 0 Å². The van der Waals surface area contributed by atoms with Gasteiger partial charge in [-0.25, -0.2) is 0 Å². The fraction of sp³-hybridized carbons (Fsp3) is 0.700. The van der Waals surface area contributed by atoms with Gasteiger partial charge in [0, 0.05) is 12.3 Å². The van der Waals surface area contributed by atoms with Gasteiger partial charge in [0.05, 0.1) is 19.3 Å². The topological polar surface area (TPSA) is 57.0 Å². The van der Waals surface area contributed by atoms with Crippen molar-refractivity contribution in [1.82, 2.24) is 14.8 Å². The van der Waals surface area contributed by atoms with Crippen molar-refractivity contribution in [3.63, 3.8) is 0 Å². The van der Waals surface area contributed by atoms with E-state index in [1.807, 2.05) is 25.5 Å². The Balaban J connectivity index is 2.40. The van der Waals surface area contributed by atoms with Crippen molar-refractivity contribution >= 4 is 17.7 Å². The first-order valence-corrected chi connectivity index (χ1v) is 6.12. The fourth-order valence-electron chi connectivity index (χ4n) is 1.17. The van der Waals surface area contributed by atoms with Gasteiger partial charge in [0.1, 0.15) is 11.6 Å². The third kappa shape index (κ3) is 3.52. The molecular weight excluding hydrogens is 226 g/mol. The average molecular weight is 243 g/mol. The molecule has 1 heterocycles. The summed E-state index contributed by atoms with van der Waals surface area (Å²) in [6.07, 6.45) is 0.429. The van der Waals surface area contributed by atoms with Gasteiger partial charge in [0.2, 0.25) is 0 Å². The minimum Gasteiger partial charge on any atom is -0.469 e. The van der Waals surface area contributed by atoms with Crippen molar-refractivity contribution in [2.45, 2.75) is 31.3 Å². The molecule has 0 aromatic carbocycles. The zero-order valence-corrected chi connectivity index (χ0v) is 10.9. The molecule has 0 aliphatic carbocycles. The Kier molecular flexibility index (Phi) is 4.79. The second-order valence-corrected chi connectivity index (χ2v) is 5.05. The molecule has 0 bridgehead atoms. The average Bonchev–Trinajstić information content (AvgIpc) is 2.57. The van der Waals surface area contributed by atoms with Crippen LogP contribution in [0.1, 0.15) is 25.0 Å². The lowest BCUT2D eigenvalue weighted by molar-refractivity contribution is -0.140. The van der Waals surface area contributed by atoms with Gasteiger partial charge in [-0.15, -0.1) is 10.2 Å². The van der Waals surface area contributed by atoms with Gasteiger partial charge in [-0.1, -0.05) is 6.92 Å². The molecular formula is C10H17N3O2S. The molecule has 5 nitrogen and oxygen atoms in total. The first kappa shape index (κ1) is 13.0. The Hall–Kier alpha value is -1.04. The fourth-order valence-corrected chi connectivity index (χ4v) is 2.11. The van der Waals surface area contributed by atoms with Gasteiger partial charge in [-0.3, -0.25) is 4.79 Å². The van der Waals surface area contributed by atoms with Gasteiger partial charge < -0.3 is 9.30 Å². The lowest BCUT2D eigenvalue weighted by Crippen LogP contribution is -2.09. The number of esters is 1. The number of aromatic nitrogens is 3. The van der Waals surface area contributed by atoms with Crippen molar-refractivity contribution in [2.75, 3.05) is 7.11 Å². The first-order valence-electron chi connectivity index (χ1n) is 5.08. The predicted molar refractivity (Wildman–Crippen MR) is 63.1 cm³/mol. The number of ether oxygens (including phenoxy) is 1. The Morgan fingerprint density at radius 2 is 2.25 bits per heavy atom. The normalized spacial score (nSPS) is 12.5. The summed E-state index contributed by atoms with van der Waals surface area (Å²) in [5.74, 6) is 2.42. The molecule has 0 radical (unpaired) electrons. The summed E-state index contributed by atoms with van der Waals surface area (Å²) in [4.78, 5) is 11.0. The lowest BCUT2D eigenvalue weighted by Gasteiger charge is -2.09. The highest BCUT2D eigenvalue weighted by molar-refractivity contribution is 7.99. The van der Waals surface area contributed by atoms with E-state index in [4.69, 9.17) is 0 Å². The van der Waals surface area contributed by atoms with E-state index < -0.39 is 0 Å². The smallest absolute Gasteiger partial charge is 0.306 e. The summed E-state index contributed by atoms with van der Waals surface area (Å²) in [6.45, 7) is 3.92. The summed E-state index contributed by atoms with van der Waals surface area (Å²) in [5.41, 5.74) is 0. The van der Waals surface area contributed by atoms with Gasteiger partial charge >= 0.3 is 5.97 Å². The van der Waals surface area contributed by atoms with Crippen molar-refractivity contribution in [2.24, 2.45) is 7.05 Å². The Morgan fingerprint density at radius 1 is 1.56 bits per heavy atom. The highest BCUT2D eigenvalue weighted by Crippen LogP contribution is 2.19. The van der Waals surface area contributed by atoms with Crippen molar-refractivity contribution in [3.05, 3.63) is 11.6 Å². The van der Waals surface area contributed by atoms with Gasteiger partial charge in [-0.05, 0) is 6.92 Å².